The Hall–Kier alpha value is -2.01. The van der Waals surface area contributed by atoms with Crippen molar-refractivity contribution in [2.45, 2.75) is 13.5 Å². The molecule has 0 bridgehead atoms. The molecule has 0 aliphatic carbocycles. The summed E-state index contributed by atoms with van der Waals surface area (Å²) in [4.78, 5) is 4.34. The molecular formula is C13H10ClFN4. The van der Waals surface area contributed by atoms with Crippen LogP contribution in [0.1, 0.15) is 6.92 Å². The Bertz CT molecular complexity index is 753. The molecule has 0 radical (unpaired) electrons. The van der Waals surface area contributed by atoms with Crippen LogP contribution in [0.3, 0.4) is 0 Å². The monoisotopic (exact) mass is 276 g/mol. The Labute approximate surface area is 113 Å². The average Bonchev–Trinajstić information content (AvgIpc) is 2.85. The van der Waals surface area contributed by atoms with E-state index in [1.807, 2.05) is 11.5 Å². The minimum absolute atomic E-state index is 0.0809. The standard InChI is InChI=1S/C13H10ClFN4/c1-2-19-7-16-12-9(6-17-18-13(12)19)8-3-4-11(15)10(14)5-8/h3-7H,2H2,1H3. The molecule has 6 heteroatoms. The van der Waals surface area contributed by atoms with E-state index in [0.29, 0.717) is 5.65 Å². The highest BCUT2D eigenvalue weighted by Crippen LogP contribution is 2.28. The lowest BCUT2D eigenvalue weighted by Crippen LogP contribution is -1.95. The molecule has 3 aromatic rings. The average molecular weight is 277 g/mol. The fraction of sp³-hybridized carbons (Fsp3) is 0.154. The minimum atomic E-state index is -0.442. The van der Waals surface area contributed by atoms with E-state index in [4.69, 9.17) is 11.6 Å². The second-order valence-corrected chi connectivity index (χ2v) is 4.50. The highest BCUT2D eigenvalue weighted by Gasteiger charge is 2.11. The molecule has 0 saturated heterocycles. The van der Waals surface area contributed by atoms with E-state index in [-0.39, 0.29) is 5.02 Å². The van der Waals surface area contributed by atoms with Gasteiger partial charge in [-0.25, -0.2) is 9.37 Å². The second kappa shape index (κ2) is 4.59. The molecule has 4 nitrogen and oxygen atoms in total. The summed E-state index contributed by atoms with van der Waals surface area (Å²) in [7, 11) is 0. The maximum atomic E-state index is 13.2. The lowest BCUT2D eigenvalue weighted by Gasteiger charge is -2.03. The summed E-state index contributed by atoms with van der Waals surface area (Å²) >= 11 is 5.81. The van der Waals surface area contributed by atoms with Gasteiger partial charge in [0, 0.05) is 12.1 Å². The lowest BCUT2D eigenvalue weighted by molar-refractivity contribution is 0.628. The second-order valence-electron chi connectivity index (χ2n) is 4.09. The van der Waals surface area contributed by atoms with Gasteiger partial charge in [0.2, 0.25) is 0 Å². The highest BCUT2D eigenvalue weighted by molar-refractivity contribution is 6.31. The predicted octanol–water partition coefficient (Wildman–Crippen LogP) is 3.31. The molecule has 2 aromatic heterocycles. The number of hydrogen-bond acceptors (Lipinski definition) is 3. The van der Waals surface area contributed by atoms with Gasteiger partial charge in [-0.1, -0.05) is 17.7 Å². The number of benzene rings is 1. The Balaban J connectivity index is 2.24. The third kappa shape index (κ3) is 1.96. The van der Waals surface area contributed by atoms with Gasteiger partial charge in [-0.2, -0.15) is 5.10 Å². The number of imidazole rings is 1. The van der Waals surface area contributed by atoms with Crippen LogP contribution in [0.5, 0.6) is 0 Å². The number of aromatic nitrogens is 4. The van der Waals surface area contributed by atoms with Gasteiger partial charge < -0.3 is 4.57 Å². The van der Waals surface area contributed by atoms with Gasteiger partial charge in [-0.15, -0.1) is 5.10 Å². The maximum absolute atomic E-state index is 13.2. The van der Waals surface area contributed by atoms with Crippen LogP contribution in [0, 0.1) is 5.82 Å². The molecule has 0 saturated carbocycles. The molecule has 96 valence electrons. The fourth-order valence-electron chi connectivity index (χ4n) is 1.98. The Morgan fingerprint density at radius 2 is 2.21 bits per heavy atom. The van der Waals surface area contributed by atoms with Gasteiger partial charge in [0.1, 0.15) is 11.3 Å². The zero-order valence-corrected chi connectivity index (χ0v) is 10.9. The van der Waals surface area contributed by atoms with Gasteiger partial charge in [0.05, 0.1) is 17.5 Å². The summed E-state index contributed by atoms with van der Waals surface area (Å²) in [6.45, 7) is 2.77. The first kappa shape index (κ1) is 12.0. The molecule has 0 N–H and O–H groups in total. The summed E-state index contributed by atoms with van der Waals surface area (Å²) < 4.78 is 15.1. The van der Waals surface area contributed by atoms with E-state index in [2.05, 4.69) is 15.2 Å². The SMILES string of the molecule is CCn1cnc2c(-c3ccc(F)c(Cl)c3)cnnc21. The van der Waals surface area contributed by atoms with Crippen molar-refractivity contribution in [1.82, 2.24) is 19.7 Å². The molecule has 0 unspecified atom stereocenters. The zero-order chi connectivity index (χ0) is 13.4. The Morgan fingerprint density at radius 1 is 1.37 bits per heavy atom. The van der Waals surface area contributed by atoms with Crippen molar-refractivity contribution in [1.29, 1.82) is 0 Å². The van der Waals surface area contributed by atoms with Crippen molar-refractivity contribution >= 4 is 22.8 Å². The molecule has 0 fully saturated rings. The number of aryl methyl sites for hydroxylation is 1. The Kier molecular flexibility index (Phi) is 2.91. The van der Waals surface area contributed by atoms with E-state index in [1.54, 1.807) is 24.7 Å². The first-order valence-electron chi connectivity index (χ1n) is 5.82. The summed E-state index contributed by atoms with van der Waals surface area (Å²) in [6, 6.07) is 4.56. The summed E-state index contributed by atoms with van der Waals surface area (Å²) in [5, 5.41) is 8.14. The van der Waals surface area contributed by atoms with Gasteiger partial charge in [0.15, 0.2) is 5.65 Å². The van der Waals surface area contributed by atoms with Crippen molar-refractivity contribution in [3.05, 3.63) is 41.6 Å². The van der Waals surface area contributed by atoms with E-state index in [9.17, 15) is 4.39 Å². The summed E-state index contributed by atoms with van der Waals surface area (Å²) in [5.41, 5.74) is 3.01. The van der Waals surface area contributed by atoms with Crippen molar-refractivity contribution in [3.8, 4) is 11.1 Å². The van der Waals surface area contributed by atoms with Crippen molar-refractivity contribution in [2.24, 2.45) is 0 Å². The smallest absolute Gasteiger partial charge is 0.183 e. The van der Waals surface area contributed by atoms with Gasteiger partial charge in [-0.3, -0.25) is 0 Å². The van der Waals surface area contributed by atoms with E-state index >= 15 is 0 Å². The predicted molar refractivity (Wildman–Crippen MR) is 71.4 cm³/mol. The first-order valence-corrected chi connectivity index (χ1v) is 6.20. The summed E-state index contributed by atoms with van der Waals surface area (Å²) in [5.74, 6) is -0.442. The quantitative estimate of drug-likeness (QED) is 0.721. The highest BCUT2D eigenvalue weighted by atomic mass is 35.5. The molecule has 0 aliphatic rings. The van der Waals surface area contributed by atoms with Crippen LogP contribution in [-0.4, -0.2) is 19.7 Å². The molecule has 2 heterocycles. The third-order valence-corrected chi connectivity index (χ3v) is 3.27. The van der Waals surface area contributed by atoms with Crippen molar-refractivity contribution < 1.29 is 4.39 Å². The molecule has 0 atom stereocenters. The van der Waals surface area contributed by atoms with Crippen LogP contribution in [0.25, 0.3) is 22.3 Å². The topological polar surface area (TPSA) is 43.6 Å². The fourth-order valence-corrected chi connectivity index (χ4v) is 2.16. The van der Waals surface area contributed by atoms with Crippen LogP contribution >= 0.6 is 11.6 Å². The number of rotatable bonds is 2. The Morgan fingerprint density at radius 3 is 2.95 bits per heavy atom. The summed E-state index contributed by atoms with van der Waals surface area (Å²) in [6.07, 6.45) is 3.33. The maximum Gasteiger partial charge on any atom is 0.183 e. The van der Waals surface area contributed by atoms with E-state index in [0.717, 1.165) is 23.2 Å². The molecule has 0 spiro atoms. The van der Waals surface area contributed by atoms with Gasteiger partial charge >= 0.3 is 0 Å². The number of hydrogen-bond donors (Lipinski definition) is 0. The van der Waals surface area contributed by atoms with Crippen LogP contribution < -0.4 is 0 Å². The number of fused-ring (bicyclic) bond motifs is 1. The van der Waals surface area contributed by atoms with Gasteiger partial charge in [-0.05, 0) is 24.6 Å². The van der Waals surface area contributed by atoms with Crippen molar-refractivity contribution in [3.63, 3.8) is 0 Å². The number of nitrogens with zero attached hydrogens (tertiary/aromatic N) is 4. The van der Waals surface area contributed by atoms with Crippen molar-refractivity contribution in [2.75, 3.05) is 0 Å². The number of halogens is 2. The van der Waals surface area contributed by atoms with Crippen LogP contribution in [-0.2, 0) is 6.54 Å². The first-order chi connectivity index (χ1) is 9.20. The molecule has 0 aliphatic heterocycles. The molecular weight excluding hydrogens is 267 g/mol. The molecule has 19 heavy (non-hydrogen) atoms. The molecule has 0 amide bonds. The van der Waals surface area contributed by atoms with E-state index in [1.165, 1.54) is 6.07 Å². The normalized spacial score (nSPS) is 11.1. The molecule has 3 rings (SSSR count). The zero-order valence-electron chi connectivity index (χ0n) is 10.1. The molecule has 1 aromatic carbocycles. The van der Waals surface area contributed by atoms with Crippen LogP contribution in [0.2, 0.25) is 5.02 Å². The minimum Gasteiger partial charge on any atom is -0.314 e. The third-order valence-electron chi connectivity index (χ3n) is 2.98. The largest absolute Gasteiger partial charge is 0.314 e. The van der Waals surface area contributed by atoms with Crippen LogP contribution in [0.4, 0.5) is 4.39 Å². The lowest BCUT2D eigenvalue weighted by atomic mass is 10.1. The van der Waals surface area contributed by atoms with Gasteiger partial charge in [0.25, 0.3) is 0 Å². The van der Waals surface area contributed by atoms with E-state index < -0.39 is 5.82 Å². The van der Waals surface area contributed by atoms with Crippen LogP contribution in [0.15, 0.2) is 30.7 Å².